The molecule has 2 nitrogen and oxygen atoms in total. The molecule has 0 unspecified atom stereocenters. The third kappa shape index (κ3) is 1.96. The van der Waals surface area contributed by atoms with E-state index in [0.717, 1.165) is 16.3 Å². The molecule has 1 aliphatic carbocycles. The number of nitrogens with zero attached hydrogens (tertiary/aromatic N) is 2. The number of hydrogen-bond acceptors (Lipinski definition) is 3. The van der Waals surface area contributed by atoms with Gasteiger partial charge in [-0.05, 0) is 25.7 Å². The molecule has 13 heavy (non-hydrogen) atoms. The van der Waals surface area contributed by atoms with Crippen molar-refractivity contribution in [2.45, 2.75) is 19.8 Å². The second kappa shape index (κ2) is 3.31. The molecule has 66 valence electrons. The van der Waals surface area contributed by atoms with Gasteiger partial charge in [0.2, 0.25) is 0 Å². The molecule has 0 N–H and O–H groups in total. The summed E-state index contributed by atoms with van der Waals surface area (Å²) in [7, 11) is 0. The highest BCUT2D eigenvalue weighted by Crippen LogP contribution is 2.33. The Balaban J connectivity index is 2.26. The van der Waals surface area contributed by atoms with Crippen LogP contribution in [-0.2, 0) is 0 Å². The summed E-state index contributed by atoms with van der Waals surface area (Å²) in [6, 6.07) is 2.21. The molecule has 1 fully saturated rings. The zero-order chi connectivity index (χ0) is 9.26. The minimum absolute atomic E-state index is 0.638. The monoisotopic (exact) mass is 190 g/mol. The number of aryl methyl sites for hydroxylation is 1. The van der Waals surface area contributed by atoms with E-state index in [1.165, 1.54) is 12.8 Å². The van der Waals surface area contributed by atoms with E-state index >= 15 is 0 Å². The average molecular weight is 190 g/mol. The molecule has 0 saturated heterocycles. The fourth-order valence-corrected chi connectivity index (χ4v) is 1.90. The highest BCUT2D eigenvalue weighted by molar-refractivity contribution is 7.10. The van der Waals surface area contributed by atoms with Crippen LogP contribution in [0, 0.1) is 24.2 Å². The maximum Gasteiger partial charge on any atom is 0.133 e. The van der Waals surface area contributed by atoms with Crippen LogP contribution >= 0.6 is 11.3 Å². The summed E-state index contributed by atoms with van der Waals surface area (Å²) in [6.07, 6.45) is 4.52. The zero-order valence-electron chi connectivity index (χ0n) is 7.45. The lowest BCUT2D eigenvalue weighted by Gasteiger charge is -1.90. The zero-order valence-corrected chi connectivity index (χ0v) is 8.27. The molecular weight excluding hydrogens is 180 g/mol. The van der Waals surface area contributed by atoms with Crippen LogP contribution in [0.15, 0.2) is 11.5 Å². The second-order valence-corrected chi connectivity index (χ2v) is 4.18. The Morgan fingerprint density at radius 1 is 1.77 bits per heavy atom. The van der Waals surface area contributed by atoms with Gasteiger partial charge in [-0.2, -0.15) is 5.26 Å². The standard InChI is InChI=1S/C10H10N2S/c1-7-6-13-10(12-7)9(5-11)4-8-2-3-8/h4,6,8H,2-3H2,1H3/b9-4-. The topological polar surface area (TPSA) is 36.7 Å². The van der Waals surface area contributed by atoms with E-state index in [4.69, 9.17) is 5.26 Å². The van der Waals surface area contributed by atoms with Crippen LogP contribution in [0.25, 0.3) is 5.57 Å². The average Bonchev–Trinajstić information content (AvgIpc) is 2.84. The van der Waals surface area contributed by atoms with Crippen molar-refractivity contribution in [1.82, 2.24) is 4.98 Å². The van der Waals surface area contributed by atoms with Gasteiger partial charge in [0, 0.05) is 11.1 Å². The van der Waals surface area contributed by atoms with E-state index in [0.29, 0.717) is 5.92 Å². The minimum atomic E-state index is 0.638. The van der Waals surface area contributed by atoms with E-state index in [1.54, 1.807) is 11.3 Å². The van der Waals surface area contributed by atoms with Gasteiger partial charge in [-0.15, -0.1) is 11.3 Å². The van der Waals surface area contributed by atoms with Crippen molar-refractivity contribution in [1.29, 1.82) is 5.26 Å². The first-order valence-corrected chi connectivity index (χ1v) is 5.22. The van der Waals surface area contributed by atoms with Crippen LogP contribution in [0.3, 0.4) is 0 Å². The molecule has 0 bridgehead atoms. The normalized spacial score (nSPS) is 17.1. The third-order valence-corrected chi connectivity index (χ3v) is 2.99. The van der Waals surface area contributed by atoms with E-state index in [-0.39, 0.29) is 0 Å². The number of aromatic nitrogens is 1. The summed E-state index contributed by atoms with van der Waals surface area (Å²) in [5, 5.41) is 11.8. The van der Waals surface area contributed by atoms with Gasteiger partial charge in [0.15, 0.2) is 0 Å². The number of rotatable bonds is 2. The Kier molecular flexibility index (Phi) is 2.15. The van der Waals surface area contributed by atoms with Gasteiger partial charge in [0.25, 0.3) is 0 Å². The first-order valence-electron chi connectivity index (χ1n) is 4.34. The molecule has 2 rings (SSSR count). The van der Waals surface area contributed by atoms with Gasteiger partial charge in [-0.3, -0.25) is 0 Å². The molecule has 0 spiro atoms. The van der Waals surface area contributed by atoms with E-state index in [1.807, 2.05) is 12.3 Å². The predicted molar refractivity (Wildman–Crippen MR) is 53.2 cm³/mol. The smallest absolute Gasteiger partial charge is 0.133 e. The molecule has 0 aromatic carbocycles. The van der Waals surface area contributed by atoms with Gasteiger partial charge < -0.3 is 0 Å². The summed E-state index contributed by atoms with van der Waals surface area (Å²) >= 11 is 1.55. The Morgan fingerprint density at radius 3 is 3.00 bits per heavy atom. The first-order chi connectivity index (χ1) is 6.29. The summed E-state index contributed by atoms with van der Waals surface area (Å²) in [5.74, 6) is 0.638. The lowest BCUT2D eigenvalue weighted by Crippen LogP contribution is -1.81. The molecule has 0 atom stereocenters. The molecule has 1 aromatic heterocycles. The van der Waals surface area contributed by atoms with Crippen LogP contribution in [0.1, 0.15) is 23.5 Å². The molecule has 1 heterocycles. The molecule has 0 amide bonds. The van der Waals surface area contributed by atoms with Gasteiger partial charge in [0.1, 0.15) is 11.1 Å². The van der Waals surface area contributed by atoms with E-state index in [2.05, 4.69) is 17.1 Å². The maximum atomic E-state index is 8.91. The third-order valence-electron chi connectivity index (χ3n) is 1.99. The Bertz CT molecular complexity index is 380. The summed E-state index contributed by atoms with van der Waals surface area (Å²) in [6.45, 7) is 1.95. The Labute approximate surface area is 81.5 Å². The van der Waals surface area contributed by atoms with Crippen molar-refractivity contribution < 1.29 is 0 Å². The molecular formula is C10H10N2S. The predicted octanol–water partition coefficient (Wildman–Crippen LogP) is 2.77. The largest absolute Gasteiger partial charge is 0.241 e. The summed E-state index contributed by atoms with van der Waals surface area (Å²) in [4.78, 5) is 4.29. The van der Waals surface area contributed by atoms with Crippen LogP contribution in [0.2, 0.25) is 0 Å². The van der Waals surface area contributed by atoms with Crippen LogP contribution in [-0.4, -0.2) is 4.98 Å². The van der Waals surface area contributed by atoms with Crippen molar-refractivity contribution in [2.24, 2.45) is 5.92 Å². The van der Waals surface area contributed by atoms with Gasteiger partial charge >= 0.3 is 0 Å². The maximum absolute atomic E-state index is 8.91. The number of thiazole rings is 1. The van der Waals surface area contributed by atoms with E-state index in [9.17, 15) is 0 Å². The molecule has 1 aromatic rings. The SMILES string of the molecule is Cc1csc(/C(C#N)=C\C2CC2)n1. The second-order valence-electron chi connectivity index (χ2n) is 3.32. The minimum Gasteiger partial charge on any atom is -0.241 e. The molecule has 0 aliphatic heterocycles. The summed E-state index contributed by atoms with van der Waals surface area (Å²) in [5.41, 5.74) is 1.75. The highest BCUT2D eigenvalue weighted by atomic mass is 32.1. The van der Waals surface area contributed by atoms with Gasteiger partial charge in [0.05, 0.1) is 5.57 Å². The number of nitriles is 1. The molecule has 1 saturated carbocycles. The first kappa shape index (κ1) is 8.46. The molecule has 3 heteroatoms. The van der Waals surface area contributed by atoms with E-state index < -0.39 is 0 Å². The van der Waals surface area contributed by atoms with Crippen molar-refractivity contribution in [3.8, 4) is 6.07 Å². The number of hydrogen-bond donors (Lipinski definition) is 0. The van der Waals surface area contributed by atoms with Crippen molar-refractivity contribution in [3.05, 3.63) is 22.2 Å². The van der Waals surface area contributed by atoms with Gasteiger partial charge in [-0.25, -0.2) is 4.98 Å². The highest BCUT2D eigenvalue weighted by Gasteiger charge is 2.20. The number of allylic oxidation sites excluding steroid dienone is 2. The lowest BCUT2D eigenvalue weighted by atomic mass is 10.2. The Morgan fingerprint density at radius 2 is 2.54 bits per heavy atom. The van der Waals surface area contributed by atoms with Crippen molar-refractivity contribution >= 4 is 16.9 Å². The molecule has 1 aliphatic rings. The fraction of sp³-hybridized carbons (Fsp3) is 0.400. The van der Waals surface area contributed by atoms with Gasteiger partial charge in [-0.1, -0.05) is 6.08 Å². The van der Waals surface area contributed by atoms with Crippen LogP contribution in [0.4, 0.5) is 0 Å². The molecule has 0 radical (unpaired) electrons. The van der Waals surface area contributed by atoms with Crippen LogP contribution < -0.4 is 0 Å². The Hall–Kier alpha value is -1.14. The van der Waals surface area contributed by atoms with Crippen molar-refractivity contribution in [3.63, 3.8) is 0 Å². The van der Waals surface area contributed by atoms with Crippen LogP contribution in [0.5, 0.6) is 0 Å². The summed E-state index contributed by atoms with van der Waals surface area (Å²) < 4.78 is 0. The fourth-order valence-electron chi connectivity index (χ4n) is 1.13. The lowest BCUT2D eigenvalue weighted by molar-refractivity contribution is 1.12. The van der Waals surface area contributed by atoms with Crippen molar-refractivity contribution in [2.75, 3.05) is 0 Å². The quantitative estimate of drug-likeness (QED) is 0.672.